The van der Waals surface area contributed by atoms with E-state index in [1.165, 1.54) is 0 Å². The predicted octanol–water partition coefficient (Wildman–Crippen LogP) is 4.63. The number of carbonyl (C=O) groups excluding carboxylic acids is 1. The van der Waals surface area contributed by atoms with Gasteiger partial charge in [-0.25, -0.2) is 4.99 Å². The topological polar surface area (TPSA) is 80.5 Å². The molecule has 2 aromatic carbocycles. The summed E-state index contributed by atoms with van der Waals surface area (Å²) in [5, 5.41) is 10.7. The number of nitrogens with one attached hydrogen (secondary N) is 2. The number of aryl methyl sites for hydroxylation is 3. The molecule has 168 valence electrons. The Morgan fingerprint density at radius 2 is 1.88 bits per heavy atom. The highest BCUT2D eigenvalue weighted by atomic mass is 16.5. The number of hydrogen-bond donors (Lipinski definition) is 2. The van der Waals surface area contributed by atoms with Gasteiger partial charge in [-0.3, -0.25) is 14.8 Å². The molecule has 2 N–H and O–H groups in total. The molecule has 0 bridgehead atoms. The quantitative estimate of drug-likeness (QED) is 0.421. The summed E-state index contributed by atoms with van der Waals surface area (Å²) in [5.74, 6) is 0.817. The molecule has 1 amide bonds. The van der Waals surface area contributed by atoms with Gasteiger partial charge in [0.1, 0.15) is 5.75 Å². The number of ether oxygens (including phenoxy) is 1. The molecule has 0 aliphatic carbocycles. The second kappa shape index (κ2) is 10.6. The van der Waals surface area contributed by atoms with E-state index in [9.17, 15) is 4.79 Å². The average Bonchev–Trinajstić information content (AvgIpc) is 3.06. The first-order chi connectivity index (χ1) is 15.4. The lowest BCUT2D eigenvalue weighted by Crippen LogP contribution is -2.36. The largest absolute Gasteiger partial charge is 0.492 e. The second-order valence-corrected chi connectivity index (χ2v) is 7.51. The Morgan fingerprint density at radius 1 is 1.09 bits per heavy atom. The molecule has 32 heavy (non-hydrogen) atoms. The Labute approximate surface area is 189 Å². The fourth-order valence-electron chi connectivity index (χ4n) is 3.48. The number of nitrogens with zero attached hydrogens (tertiary/aromatic N) is 3. The Bertz CT molecular complexity index is 1120. The molecular weight excluding hydrogens is 402 g/mol. The van der Waals surface area contributed by atoms with Gasteiger partial charge < -0.3 is 10.1 Å². The van der Waals surface area contributed by atoms with Crippen molar-refractivity contribution in [2.45, 2.75) is 47.7 Å². The maximum atomic E-state index is 12.9. The molecule has 3 rings (SSSR count). The van der Waals surface area contributed by atoms with Gasteiger partial charge in [0.15, 0.2) is 0 Å². The first-order valence-electron chi connectivity index (χ1n) is 10.9. The van der Waals surface area contributed by atoms with E-state index in [0.29, 0.717) is 30.4 Å². The van der Waals surface area contributed by atoms with Crippen LogP contribution in [0.5, 0.6) is 5.75 Å². The van der Waals surface area contributed by atoms with Crippen LogP contribution in [0.2, 0.25) is 0 Å². The highest BCUT2D eigenvalue weighted by molar-refractivity contribution is 6.10. The lowest BCUT2D eigenvalue weighted by molar-refractivity contribution is 0.0976. The van der Waals surface area contributed by atoms with Crippen LogP contribution in [0.1, 0.15) is 46.7 Å². The molecule has 0 saturated heterocycles. The summed E-state index contributed by atoms with van der Waals surface area (Å²) in [6.45, 7) is 11.7. The summed E-state index contributed by atoms with van der Waals surface area (Å²) in [6.07, 6.45) is 0. The summed E-state index contributed by atoms with van der Waals surface area (Å²) in [5.41, 5.74) is 5.39. The number of benzene rings is 2. The van der Waals surface area contributed by atoms with Crippen LogP contribution < -0.4 is 15.4 Å². The Kier molecular flexibility index (Phi) is 7.65. The van der Waals surface area contributed by atoms with E-state index in [2.05, 4.69) is 22.7 Å². The number of aliphatic imine (C=N–C) groups is 1. The Morgan fingerprint density at radius 3 is 2.56 bits per heavy atom. The third-order valence-electron chi connectivity index (χ3n) is 5.18. The molecular formula is C25H31N5O2. The van der Waals surface area contributed by atoms with Crippen LogP contribution in [0.3, 0.4) is 0 Å². The van der Waals surface area contributed by atoms with E-state index in [-0.39, 0.29) is 5.91 Å². The molecule has 1 aromatic heterocycles. The van der Waals surface area contributed by atoms with Crippen LogP contribution in [0.25, 0.3) is 0 Å². The Balaban J connectivity index is 1.91. The zero-order chi connectivity index (χ0) is 23.1. The molecule has 0 atom stereocenters. The van der Waals surface area contributed by atoms with Crippen LogP contribution in [-0.2, 0) is 13.1 Å². The van der Waals surface area contributed by atoms with Crippen molar-refractivity contribution >= 4 is 17.6 Å². The van der Waals surface area contributed by atoms with E-state index in [0.717, 1.165) is 34.7 Å². The van der Waals surface area contributed by atoms with Gasteiger partial charge >= 0.3 is 0 Å². The molecule has 0 fully saturated rings. The van der Waals surface area contributed by atoms with Crippen LogP contribution in [0.15, 0.2) is 53.5 Å². The molecule has 0 saturated carbocycles. The number of rotatable bonds is 7. The van der Waals surface area contributed by atoms with E-state index in [1.54, 1.807) is 6.07 Å². The van der Waals surface area contributed by atoms with Crippen molar-refractivity contribution in [1.29, 1.82) is 0 Å². The third-order valence-corrected chi connectivity index (χ3v) is 5.18. The molecule has 3 aromatic rings. The first kappa shape index (κ1) is 23.1. The number of hydrogen-bond acceptors (Lipinski definition) is 4. The summed E-state index contributed by atoms with van der Waals surface area (Å²) in [4.78, 5) is 17.6. The zero-order valence-corrected chi connectivity index (χ0v) is 19.4. The number of anilines is 1. The van der Waals surface area contributed by atoms with Crippen molar-refractivity contribution in [3.63, 3.8) is 0 Å². The van der Waals surface area contributed by atoms with Gasteiger partial charge in [0.25, 0.3) is 5.91 Å². The number of para-hydroxylation sites is 2. The van der Waals surface area contributed by atoms with Gasteiger partial charge in [-0.05, 0) is 58.9 Å². The molecule has 1 heterocycles. The highest BCUT2D eigenvalue weighted by Gasteiger charge is 2.14. The smallest absolute Gasteiger partial charge is 0.257 e. The number of guanidine groups is 1. The number of amides is 1. The predicted molar refractivity (Wildman–Crippen MR) is 128 cm³/mol. The van der Waals surface area contributed by atoms with Gasteiger partial charge in [-0.15, -0.1) is 0 Å². The molecule has 0 aliphatic rings. The summed E-state index contributed by atoms with van der Waals surface area (Å²) in [7, 11) is 0. The SMILES string of the molecule is CCOc1ccccc1NC(=NCc1c(C)nn(CC)c1C)NC(=O)c1cccc(C)c1. The van der Waals surface area contributed by atoms with Crippen LogP contribution in [-0.4, -0.2) is 28.3 Å². The Hall–Kier alpha value is -3.61. The molecule has 0 aliphatic heterocycles. The fraction of sp³-hybridized carbons (Fsp3) is 0.320. The van der Waals surface area contributed by atoms with Gasteiger partial charge in [-0.2, -0.15) is 5.10 Å². The van der Waals surface area contributed by atoms with Gasteiger partial charge in [0.2, 0.25) is 5.96 Å². The zero-order valence-electron chi connectivity index (χ0n) is 19.4. The minimum atomic E-state index is -0.230. The summed E-state index contributed by atoms with van der Waals surface area (Å²) in [6, 6.07) is 15.0. The maximum Gasteiger partial charge on any atom is 0.257 e. The maximum absolute atomic E-state index is 12.9. The second-order valence-electron chi connectivity index (χ2n) is 7.51. The van der Waals surface area contributed by atoms with E-state index in [1.807, 2.05) is 74.8 Å². The first-order valence-corrected chi connectivity index (χ1v) is 10.9. The highest BCUT2D eigenvalue weighted by Crippen LogP contribution is 2.24. The number of aromatic nitrogens is 2. The summed E-state index contributed by atoms with van der Waals surface area (Å²) >= 11 is 0. The van der Waals surface area contributed by atoms with Crippen molar-refractivity contribution in [2.75, 3.05) is 11.9 Å². The monoisotopic (exact) mass is 433 g/mol. The van der Waals surface area contributed by atoms with Gasteiger partial charge in [-0.1, -0.05) is 29.8 Å². The van der Waals surface area contributed by atoms with Crippen molar-refractivity contribution in [3.05, 3.63) is 76.6 Å². The van der Waals surface area contributed by atoms with Gasteiger partial charge in [0, 0.05) is 23.4 Å². The van der Waals surface area contributed by atoms with Crippen molar-refractivity contribution in [2.24, 2.45) is 4.99 Å². The van der Waals surface area contributed by atoms with Crippen LogP contribution in [0.4, 0.5) is 5.69 Å². The summed E-state index contributed by atoms with van der Waals surface area (Å²) < 4.78 is 7.68. The van der Waals surface area contributed by atoms with Crippen LogP contribution in [0, 0.1) is 20.8 Å². The lowest BCUT2D eigenvalue weighted by Gasteiger charge is -2.15. The minimum absolute atomic E-state index is 0.230. The standard InChI is InChI=1S/C25H31N5O2/c1-6-30-19(5)21(18(4)29-30)16-26-25(27-22-13-8-9-14-23(22)32-7-2)28-24(31)20-12-10-11-17(3)15-20/h8-15H,6-7,16H2,1-5H3,(H2,26,27,28,31). The molecule has 0 unspecified atom stereocenters. The molecule has 0 spiro atoms. The normalized spacial score (nSPS) is 11.3. The van der Waals surface area contributed by atoms with Crippen molar-refractivity contribution in [1.82, 2.24) is 15.1 Å². The lowest BCUT2D eigenvalue weighted by atomic mass is 10.1. The molecule has 7 heteroatoms. The van der Waals surface area contributed by atoms with Gasteiger partial charge in [0.05, 0.1) is 24.5 Å². The van der Waals surface area contributed by atoms with Crippen molar-refractivity contribution < 1.29 is 9.53 Å². The fourth-order valence-corrected chi connectivity index (χ4v) is 3.48. The van der Waals surface area contributed by atoms with E-state index >= 15 is 0 Å². The number of carbonyl (C=O) groups is 1. The third kappa shape index (κ3) is 5.55. The van der Waals surface area contributed by atoms with Crippen molar-refractivity contribution in [3.8, 4) is 5.75 Å². The minimum Gasteiger partial charge on any atom is -0.492 e. The van der Waals surface area contributed by atoms with E-state index < -0.39 is 0 Å². The van der Waals surface area contributed by atoms with Crippen LogP contribution >= 0.6 is 0 Å². The van der Waals surface area contributed by atoms with E-state index in [4.69, 9.17) is 9.73 Å². The molecule has 0 radical (unpaired) electrons. The average molecular weight is 434 g/mol. The molecule has 7 nitrogen and oxygen atoms in total.